The molecule has 0 aliphatic heterocycles. The number of aromatic nitrogens is 2. The van der Waals surface area contributed by atoms with Gasteiger partial charge in [-0.3, -0.25) is 0 Å². The molecule has 0 radical (unpaired) electrons. The fourth-order valence-electron chi connectivity index (χ4n) is 1.50. The second kappa shape index (κ2) is 3.90. The summed E-state index contributed by atoms with van der Waals surface area (Å²) >= 11 is 5.77. The van der Waals surface area contributed by atoms with Crippen LogP contribution in [-0.2, 0) is 6.42 Å². The summed E-state index contributed by atoms with van der Waals surface area (Å²) in [6.45, 7) is 0. The normalized spacial score (nSPS) is 12.0. The van der Waals surface area contributed by atoms with Gasteiger partial charge in [-0.2, -0.15) is 13.2 Å². The first-order valence-corrected chi connectivity index (χ1v) is 4.80. The minimum atomic E-state index is -4.27. The van der Waals surface area contributed by atoms with Crippen molar-refractivity contribution >= 4 is 22.5 Å². The molecule has 2 rings (SSSR count). The molecule has 2 aromatic rings. The van der Waals surface area contributed by atoms with Gasteiger partial charge in [-0.15, -0.1) is 0 Å². The highest BCUT2D eigenvalue weighted by atomic mass is 35.5. The molecule has 6 heteroatoms. The van der Waals surface area contributed by atoms with Gasteiger partial charge in [0.2, 0.25) is 0 Å². The lowest BCUT2D eigenvalue weighted by atomic mass is 10.1. The summed E-state index contributed by atoms with van der Waals surface area (Å²) in [5, 5.41) is 0.314. The SMILES string of the molecule is FC(F)(F)Cc1cccc2ncnc(Cl)c12. The van der Waals surface area contributed by atoms with E-state index in [1.807, 2.05) is 0 Å². The zero-order chi connectivity index (χ0) is 11.8. The number of hydrogen-bond acceptors (Lipinski definition) is 2. The van der Waals surface area contributed by atoms with Gasteiger partial charge in [0.1, 0.15) is 11.5 Å². The van der Waals surface area contributed by atoms with Crippen LogP contribution in [0, 0.1) is 0 Å². The average molecular weight is 247 g/mol. The van der Waals surface area contributed by atoms with E-state index in [2.05, 4.69) is 9.97 Å². The molecule has 0 saturated carbocycles. The van der Waals surface area contributed by atoms with Gasteiger partial charge >= 0.3 is 6.18 Å². The smallest absolute Gasteiger partial charge is 0.236 e. The molecule has 0 fully saturated rings. The van der Waals surface area contributed by atoms with Crippen LogP contribution in [0.1, 0.15) is 5.56 Å². The molecule has 2 nitrogen and oxygen atoms in total. The molecule has 0 aliphatic carbocycles. The summed E-state index contributed by atoms with van der Waals surface area (Å²) in [6, 6.07) is 4.50. The van der Waals surface area contributed by atoms with Crippen molar-refractivity contribution in [3.05, 3.63) is 35.2 Å². The largest absolute Gasteiger partial charge is 0.393 e. The molecule has 1 heterocycles. The van der Waals surface area contributed by atoms with Crippen molar-refractivity contribution in [3.63, 3.8) is 0 Å². The van der Waals surface area contributed by atoms with E-state index in [-0.39, 0.29) is 16.1 Å². The van der Waals surface area contributed by atoms with E-state index < -0.39 is 12.6 Å². The van der Waals surface area contributed by atoms with E-state index in [0.29, 0.717) is 5.52 Å². The van der Waals surface area contributed by atoms with Gasteiger partial charge in [0.05, 0.1) is 11.9 Å². The Labute approximate surface area is 94.1 Å². The standard InChI is InChI=1S/C10H6ClF3N2/c11-9-8-6(4-10(12,13)14)2-1-3-7(8)15-5-16-9/h1-3,5H,4H2. The molecular weight excluding hydrogens is 241 g/mol. The summed E-state index contributed by atoms with van der Waals surface area (Å²) in [5.74, 6) is 0. The Kier molecular flexibility index (Phi) is 2.71. The van der Waals surface area contributed by atoms with Crippen LogP contribution in [0.15, 0.2) is 24.5 Å². The maximum absolute atomic E-state index is 12.3. The molecule has 16 heavy (non-hydrogen) atoms. The number of rotatable bonds is 1. The monoisotopic (exact) mass is 246 g/mol. The molecule has 0 amide bonds. The average Bonchev–Trinajstić information content (AvgIpc) is 2.15. The van der Waals surface area contributed by atoms with E-state index in [0.717, 1.165) is 0 Å². The van der Waals surface area contributed by atoms with Gasteiger partial charge in [0.25, 0.3) is 0 Å². The Morgan fingerprint density at radius 3 is 2.62 bits per heavy atom. The zero-order valence-electron chi connectivity index (χ0n) is 7.92. The highest BCUT2D eigenvalue weighted by Gasteiger charge is 2.29. The third-order valence-corrected chi connectivity index (χ3v) is 2.38. The molecule has 1 aromatic heterocycles. The van der Waals surface area contributed by atoms with Crippen molar-refractivity contribution in [2.75, 3.05) is 0 Å². The summed E-state index contributed by atoms with van der Waals surface area (Å²) in [6.07, 6.45) is -4.08. The fourth-order valence-corrected chi connectivity index (χ4v) is 1.76. The molecule has 0 aliphatic rings. The first-order valence-electron chi connectivity index (χ1n) is 4.42. The van der Waals surface area contributed by atoms with Crippen LogP contribution in [0.2, 0.25) is 5.15 Å². The van der Waals surface area contributed by atoms with Gasteiger partial charge in [0, 0.05) is 5.39 Å². The van der Waals surface area contributed by atoms with E-state index >= 15 is 0 Å². The van der Waals surface area contributed by atoms with Gasteiger partial charge in [-0.05, 0) is 11.6 Å². The second-order valence-electron chi connectivity index (χ2n) is 3.27. The second-order valence-corrected chi connectivity index (χ2v) is 3.63. The first-order chi connectivity index (χ1) is 7.47. The Hall–Kier alpha value is -1.36. The predicted molar refractivity (Wildman–Crippen MR) is 54.3 cm³/mol. The van der Waals surface area contributed by atoms with Crippen molar-refractivity contribution in [2.24, 2.45) is 0 Å². The van der Waals surface area contributed by atoms with Crippen molar-refractivity contribution < 1.29 is 13.2 Å². The number of benzene rings is 1. The Balaban J connectivity index is 2.61. The number of halogens is 4. The van der Waals surface area contributed by atoms with Crippen LogP contribution in [-0.4, -0.2) is 16.1 Å². The van der Waals surface area contributed by atoms with E-state index in [1.54, 1.807) is 6.07 Å². The van der Waals surface area contributed by atoms with Crippen LogP contribution in [0.5, 0.6) is 0 Å². The molecule has 0 atom stereocenters. The number of alkyl halides is 3. The van der Waals surface area contributed by atoms with Crippen molar-refractivity contribution in [3.8, 4) is 0 Å². The third-order valence-electron chi connectivity index (χ3n) is 2.09. The molecule has 0 unspecified atom stereocenters. The molecular formula is C10H6ClF3N2. The maximum atomic E-state index is 12.3. The Morgan fingerprint density at radius 2 is 1.94 bits per heavy atom. The van der Waals surface area contributed by atoms with E-state index in [9.17, 15) is 13.2 Å². The Bertz CT molecular complexity index is 520. The quantitative estimate of drug-likeness (QED) is 0.721. The van der Waals surface area contributed by atoms with Crippen LogP contribution in [0.4, 0.5) is 13.2 Å². The number of hydrogen-bond donors (Lipinski definition) is 0. The van der Waals surface area contributed by atoms with Gasteiger partial charge in [-0.25, -0.2) is 9.97 Å². The van der Waals surface area contributed by atoms with Crippen LogP contribution >= 0.6 is 11.6 Å². The van der Waals surface area contributed by atoms with Crippen molar-refractivity contribution in [1.29, 1.82) is 0 Å². The summed E-state index contributed by atoms with van der Waals surface area (Å²) in [4.78, 5) is 7.55. The Morgan fingerprint density at radius 1 is 1.19 bits per heavy atom. The molecule has 0 bridgehead atoms. The lowest BCUT2D eigenvalue weighted by Crippen LogP contribution is -2.12. The molecule has 84 valence electrons. The van der Waals surface area contributed by atoms with Crippen LogP contribution < -0.4 is 0 Å². The van der Waals surface area contributed by atoms with Crippen molar-refractivity contribution in [1.82, 2.24) is 9.97 Å². The highest BCUT2D eigenvalue weighted by molar-refractivity contribution is 6.34. The van der Waals surface area contributed by atoms with Crippen LogP contribution in [0.3, 0.4) is 0 Å². The molecule has 0 N–H and O–H groups in total. The zero-order valence-corrected chi connectivity index (χ0v) is 8.68. The molecule has 1 aromatic carbocycles. The van der Waals surface area contributed by atoms with E-state index in [4.69, 9.17) is 11.6 Å². The number of nitrogens with zero attached hydrogens (tertiary/aromatic N) is 2. The summed E-state index contributed by atoms with van der Waals surface area (Å²) < 4.78 is 37.0. The van der Waals surface area contributed by atoms with Crippen molar-refractivity contribution in [2.45, 2.75) is 12.6 Å². The minimum absolute atomic E-state index is 0.0462. The van der Waals surface area contributed by atoms with Gasteiger partial charge in [0.15, 0.2) is 0 Å². The minimum Gasteiger partial charge on any atom is -0.236 e. The lowest BCUT2D eigenvalue weighted by molar-refractivity contribution is -0.126. The summed E-state index contributed by atoms with van der Waals surface area (Å²) in [7, 11) is 0. The first kappa shape index (κ1) is 11.1. The lowest BCUT2D eigenvalue weighted by Gasteiger charge is -2.09. The van der Waals surface area contributed by atoms with E-state index in [1.165, 1.54) is 18.5 Å². The van der Waals surface area contributed by atoms with Gasteiger partial charge < -0.3 is 0 Å². The van der Waals surface area contributed by atoms with Crippen LogP contribution in [0.25, 0.3) is 10.9 Å². The number of fused-ring (bicyclic) bond motifs is 1. The topological polar surface area (TPSA) is 25.8 Å². The highest BCUT2D eigenvalue weighted by Crippen LogP contribution is 2.29. The summed E-state index contributed by atoms with van der Waals surface area (Å²) in [5.41, 5.74) is 0.511. The predicted octanol–water partition coefficient (Wildman–Crippen LogP) is 3.39. The molecule has 0 spiro atoms. The van der Waals surface area contributed by atoms with Gasteiger partial charge in [-0.1, -0.05) is 23.7 Å². The maximum Gasteiger partial charge on any atom is 0.393 e. The third kappa shape index (κ3) is 2.24. The fraction of sp³-hybridized carbons (Fsp3) is 0.200. The molecule has 0 saturated heterocycles.